The molecule has 122 valence electrons. The lowest BCUT2D eigenvalue weighted by molar-refractivity contribution is 0.425. The van der Waals surface area contributed by atoms with Crippen molar-refractivity contribution >= 4 is 5.82 Å². The molecule has 3 rings (SSSR count). The van der Waals surface area contributed by atoms with Gasteiger partial charge in [-0.2, -0.15) is 0 Å². The van der Waals surface area contributed by atoms with Crippen LogP contribution in [-0.2, 0) is 0 Å². The molecule has 2 aromatic heterocycles. The first-order chi connectivity index (χ1) is 11.7. The summed E-state index contributed by atoms with van der Waals surface area (Å²) >= 11 is 0. The zero-order chi connectivity index (χ0) is 16.8. The van der Waals surface area contributed by atoms with E-state index in [1.807, 2.05) is 48.5 Å². The lowest BCUT2D eigenvalue weighted by Crippen LogP contribution is -2.21. The average molecular weight is 319 g/mol. The van der Waals surface area contributed by atoms with Gasteiger partial charge in [0.15, 0.2) is 5.82 Å². The zero-order valence-electron chi connectivity index (χ0n) is 14.0. The fourth-order valence-electron chi connectivity index (χ4n) is 2.33. The number of hydrogen-bond donors (Lipinski definition) is 1. The van der Waals surface area contributed by atoms with Crippen LogP contribution in [0.1, 0.15) is 0 Å². The SMILES string of the molecule is CN(C)CCNc1cc(-c2ccncc2)nc(-c2ccccc2)n1. The van der Waals surface area contributed by atoms with Gasteiger partial charge in [-0.3, -0.25) is 4.98 Å². The summed E-state index contributed by atoms with van der Waals surface area (Å²) in [5, 5.41) is 3.39. The Bertz CT molecular complexity index is 715. The smallest absolute Gasteiger partial charge is 0.162 e. The molecule has 0 fully saturated rings. The Hall–Kier alpha value is -2.79. The van der Waals surface area contributed by atoms with Crippen molar-refractivity contribution in [3.05, 3.63) is 60.9 Å². The first-order valence-corrected chi connectivity index (χ1v) is 7.96. The Kier molecular flexibility index (Phi) is 5.13. The van der Waals surface area contributed by atoms with E-state index in [1.54, 1.807) is 12.4 Å². The molecule has 24 heavy (non-hydrogen) atoms. The summed E-state index contributed by atoms with van der Waals surface area (Å²) in [5.74, 6) is 1.55. The van der Waals surface area contributed by atoms with Crippen molar-refractivity contribution in [1.82, 2.24) is 19.9 Å². The number of benzene rings is 1. The molecule has 0 aliphatic heterocycles. The van der Waals surface area contributed by atoms with Gasteiger partial charge in [0, 0.05) is 42.7 Å². The molecule has 0 aliphatic rings. The van der Waals surface area contributed by atoms with Gasteiger partial charge in [-0.1, -0.05) is 30.3 Å². The van der Waals surface area contributed by atoms with E-state index in [1.165, 1.54) is 0 Å². The van der Waals surface area contributed by atoms with E-state index in [-0.39, 0.29) is 0 Å². The van der Waals surface area contributed by atoms with Gasteiger partial charge < -0.3 is 10.2 Å². The summed E-state index contributed by atoms with van der Waals surface area (Å²) < 4.78 is 0. The molecule has 0 aliphatic carbocycles. The molecule has 0 saturated heterocycles. The second-order valence-electron chi connectivity index (χ2n) is 5.79. The van der Waals surface area contributed by atoms with Gasteiger partial charge in [0.05, 0.1) is 5.69 Å². The molecule has 3 aromatic rings. The Morgan fingerprint density at radius 3 is 2.38 bits per heavy atom. The number of rotatable bonds is 6. The number of pyridine rings is 1. The van der Waals surface area contributed by atoms with Gasteiger partial charge in [0.2, 0.25) is 0 Å². The fraction of sp³-hybridized carbons (Fsp3) is 0.211. The third-order valence-corrected chi connectivity index (χ3v) is 3.60. The van der Waals surface area contributed by atoms with Crippen LogP contribution in [0.25, 0.3) is 22.6 Å². The van der Waals surface area contributed by atoms with Crippen molar-refractivity contribution in [1.29, 1.82) is 0 Å². The lowest BCUT2D eigenvalue weighted by atomic mass is 10.1. The van der Waals surface area contributed by atoms with E-state index < -0.39 is 0 Å². The maximum absolute atomic E-state index is 4.73. The molecule has 0 atom stereocenters. The maximum atomic E-state index is 4.73. The van der Waals surface area contributed by atoms with Gasteiger partial charge in [-0.25, -0.2) is 9.97 Å². The summed E-state index contributed by atoms with van der Waals surface area (Å²) in [6.45, 7) is 1.77. The normalized spacial score (nSPS) is 10.8. The van der Waals surface area contributed by atoms with Crippen LogP contribution < -0.4 is 5.32 Å². The highest BCUT2D eigenvalue weighted by Gasteiger charge is 2.08. The predicted molar refractivity (Wildman–Crippen MR) is 97.7 cm³/mol. The third kappa shape index (κ3) is 4.14. The average Bonchev–Trinajstić information content (AvgIpc) is 2.63. The second-order valence-corrected chi connectivity index (χ2v) is 5.79. The standard InChI is InChI=1S/C19H21N5/c1-24(2)13-12-21-18-14-17(15-8-10-20-11-9-15)22-19(23-18)16-6-4-3-5-7-16/h3-11,14H,12-13H2,1-2H3,(H,21,22,23). The quantitative estimate of drug-likeness (QED) is 0.756. The highest BCUT2D eigenvalue weighted by atomic mass is 15.1. The zero-order valence-corrected chi connectivity index (χ0v) is 14.0. The number of anilines is 1. The Labute approximate surface area is 142 Å². The van der Waals surface area contributed by atoms with Crippen LogP contribution in [-0.4, -0.2) is 47.0 Å². The Morgan fingerprint density at radius 1 is 0.917 bits per heavy atom. The minimum Gasteiger partial charge on any atom is -0.369 e. The summed E-state index contributed by atoms with van der Waals surface area (Å²) in [6, 6.07) is 15.9. The molecular formula is C19H21N5. The minimum absolute atomic E-state index is 0.720. The van der Waals surface area contributed by atoms with Crippen LogP contribution in [0.3, 0.4) is 0 Å². The molecule has 0 radical (unpaired) electrons. The van der Waals surface area contributed by atoms with Crippen molar-refractivity contribution in [2.75, 3.05) is 32.5 Å². The lowest BCUT2D eigenvalue weighted by Gasteiger charge is -2.13. The predicted octanol–water partition coefficient (Wildman–Crippen LogP) is 3.18. The number of aromatic nitrogens is 3. The molecule has 0 amide bonds. The molecular weight excluding hydrogens is 298 g/mol. The molecule has 0 bridgehead atoms. The van der Waals surface area contributed by atoms with E-state index in [0.717, 1.165) is 41.6 Å². The van der Waals surface area contributed by atoms with Gasteiger partial charge >= 0.3 is 0 Å². The summed E-state index contributed by atoms with van der Waals surface area (Å²) in [4.78, 5) is 15.6. The molecule has 1 aromatic carbocycles. The summed E-state index contributed by atoms with van der Waals surface area (Å²) in [5.41, 5.74) is 2.92. The summed E-state index contributed by atoms with van der Waals surface area (Å²) in [6.07, 6.45) is 3.55. The van der Waals surface area contributed by atoms with Crippen molar-refractivity contribution in [2.45, 2.75) is 0 Å². The highest BCUT2D eigenvalue weighted by Crippen LogP contribution is 2.23. The van der Waals surface area contributed by atoms with Gasteiger partial charge in [0.1, 0.15) is 5.82 Å². The van der Waals surface area contributed by atoms with E-state index in [2.05, 4.69) is 34.3 Å². The molecule has 0 unspecified atom stereocenters. The van der Waals surface area contributed by atoms with E-state index in [0.29, 0.717) is 0 Å². The summed E-state index contributed by atoms with van der Waals surface area (Å²) in [7, 11) is 4.11. The Morgan fingerprint density at radius 2 is 1.67 bits per heavy atom. The topological polar surface area (TPSA) is 53.9 Å². The van der Waals surface area contributed by atoms with E-state index in [4.69, 9.17) is 4.98 Å². The first-order valence-electron chi connectivity index (χ1n) is 7.96. The largest absolute Gasteiger partial charge is 0.369 e. The van der Waals surface area contributed by atoms with Crippen LogP contribution in [0, 0.1) is 0 Å². The number of hydrogen-bond acceptors (Lipinski definition) is 5. The van der Waals surface area contributed by atoms with Crippen molar-refractivity contribution in [3.8, 4) is 22.6 Å². The highest BCUT2D eigenvalue weighted by molar-refractivity contribution is 5.67. The van der Waals surface area contributed by atoms with E-state index >= 15 is 0 Å². The van der Waals surface area contributed by atoms with Crippen LogP contribution in [0.5, 0.6) is 0 Å². The molecule has 5 heteroatoms. The van der Waals surface area contributed by atoms with Crippen LogP contribution in [0.15, 0.2) is 60.9 Å². The minimum atomic E-state index is 0.720. The van der Waals surface area contributed by atoms with E-state index in [9.17, 15) is 0 Å². The monoisotopic (exact) mass is 319 g/mol. The molecule has 2 heterocycles. The van der Waals surface area contributed by atoms with Crippen molar-refractivity contribution < 1.29 is 0 Å². The second kappa shape index (κ2) is 7.66. The van der Waals surface area contributed by atoms with Crippen molar-refractivity contribution in [2.24, 2.45) is 0 Å². The van der Waals surface area contributed by atoms with Gasteiger partial charge in [-0.15, -0.1) is 0 Å². The number of nitrogens with one attached hydrogen (secondary N) is 1. The first kappa shape index (κ1) is 16.1. The van der Waals surface area contributed by atoms with Gasteiger partial charge in [0.25, 0.3) is 0 Å². The fourth-order valence-corrected chi connectivity index (χ4v) is 2.33. The van der Waals surface area contributed by atoms with Crippen LogP contribution in [0.4, 0.5) is 5.82 Å². The molecule has 0 spiro atoms. The number of nitrogens with zero attached hydrogens (tertiary/aromatic N) is 4. The molecule has 1 N–H and O–H groups in total. The maximum Gasteiger partial charge on any atom is 0.162 e. The van der Waals surface area contributed by atoms with Crippen molar-refractivity contribution in [3.63, 3.8) is 0 Å². The number of likely N-dealkylation sites (N-methyl/N-ethyl adjacent to an activating group) is 1. The molecule has 0 saturated carbocycles. The third-order valence-electron chi connectivity index (χ3n) is 3.60. The van der Waals surface area contributed by atoms with Crippen LogP contribution >= 0.6 is 0 Å². The Balaban J connectivity index is 1.96. The molecule has 5 nitrogen and oxygen atoms in total. The van der Waals surface area contributed by atoms with Crippen LogP contribution in [0.2, 0.25) is 0 Å². The van der Waals surface area contributed by atoms with Gasteiger partial charge in [-0.05, 0) is 26.2 Å².